The molecule has 1 aliphatic carbocycles. The molecular weight excluding hydrogens is 128 g/mol. The van der Waals surface area contributed by atoms with Gasteiger partial charge in [0.15, 0.2) is 0 Å². The minimum Gasteiger partial charge on any atom is -0.478 e. The Kier molecular flexibility index (Phi) is 2.10. The molecule has 0 heterocycles. The molecule has 2 nitrogen and oxygen atoms in total. The molecule has 0 saturated heterocycles. The number of hydrogen-bond acceptors (Lipinski definition) is 1. The fourth-order valence-electron chi connectivity index (χ4n) is 1.16. The molecule has 0 fully saturated rings. The standard InChI is InChI=1S/C8H12O2/c1-6-2-4-7(5-3-6)8(9)10/h4,6H,2-3,5H2,1H3,(H,9,10)/t6-/m0/s1. The van der Waals surface area contributed by atoms with E-state index in [1.54, 1.807) is 0 Å². The number of allylic oxidation sites excluding steroid dienone is 1. The van der Waals surface area contributed by atoms with Crippen LogP contribution in [0.25, 0.3) is 0 Å². The average Bonchev–Trinajstić information content (AvgIpc) is 1.88. The maximum atomic E-state index is 10.4. The lowest BCUT2D eigenvalue weighted by Gasteiger charge is -2.14. The van der Waals surface area contributed by atoms with Crippen LogP contribution in [-0.4, -0.2) is 11.1 Å². The molecule has 1 atom stereocenters. The molecular formula is C8H12O2. The van der Waals surface area contributed by atoms with Crippen molar-refractivity contribution in [2.24, 2.45) is 5.92 Å². The number of aliphatic carboxylic acids is 1. The van der Waals surface area contributed by atoms with Crippen LogP contribution in [0.15, 0.2) is 11.6 Å². The largest absolute Gasteiger partial charge is 0.478 e. The monoisotopic (exact) mass is 140 g/mol. The summed E-state index contributed by atoms with van der Waals surface area (Å²) in [4.78, 5) is 10.4. The predicted molar refractivity (Wildman–Crippen MR) is 38.7 cm³/mol. The molecule has 0 bridgehead atoms. The minimum atomic E-state index is -0.744. The van der Waals surface area contributed by atoms with E-state index in [2.05, 4.69) is 6.92 Å². The highest BCUT2D eigenvalue weighted by Gasteiger charge is 2.14. The first-order valence-electron chi connectivity index (χ1n) is 3.62. The van der Waals surface area contributed by atoms with E-state index in [1.165, 1.54) is 0 Å². The van der Waals surface area contributed by atoms with Gasteiger partial charge in [-0.2, -0.15) is 0 Å². The highest BCUT2D eigenvalue weighted by molar-refractivity contribution is 5.86. The van der Waals surface area contributed by atoms with Gasteiger partial charge in [-0.25, -0.2) is 4.79 Å². The van der Waals surface area contributed by atoms with E-state index in [4.69, 9.17) is 5.11 Å². The fraction of sp³-hybridized carbons (Fsp3) is 0.625. The van der Waals surface area contributed by atoms with Crippen LogP contribution in [0.3, 0.4) is 0 Å². The van der Waals surface area contributed by atoms with Gasteiger partial charge in [0.2, 0.25) is 0 Å². The van der Waals surface area contributed by atoms with Gasteiger partial charge in [0, 0.05) is 5.57 Å². The predicted octanol–water partition coefficient (Wildman–Crippen LogP) is 1.82. The molecule has 56 valence electrons. The van der Waals surface area contributed by atoms with Gasteiger partial charge in [-0.3, -0.25) is 0 Å². The topological polar surface area (TPSA) is 37.3 Å². The first-order valence-corrected chi connectivity index (χ1v) is 3.62. The van der Waals surface area contributed by atoms with Gasteiger partial charge in [-0.15, -0.1) is 0 Å². The zero-order chi connectivity index (χ0) is 7.56. The smallest absolute Gasteiger partial charge is 0.331 e. The molecule has 1 rings (SSSR count). The van der Waals surface area contributed by atoms with Crippen LogP contribution < -0.4 is 0 Å². The number of hydrogen-bond donors (Lipinski definition) is 1. The number of carbonyl (C=O) groups is 1. The zero-order valence-electron chi connectivity index (χ0n) is 6.13. The summed E-state index contributed by atoms with van der Waals surface area (Å²) in [5.41, 5.74) is 0.595. The second kappa shape index (κ2) is 2.86. The van der Waals surface area contributed by atoms with E-state index in [0.717, 1.165) is 19.3 Å². The van der Waals surface area contributed by atoms with Crippen molar-refractivity contribution in [2.45, 2.75) is 26.2 Å². The lowest BCUT2D eigenvalue weighted by atomic mass is 9.91. The third-order valence-corrected chi connectivity index (χ3v) is 1.95. The van der Waals surface area contributed by atoms with Crippen molar-refractivity contribution < 1.29 is 9.90 Å². The quantitative estimate of drug-likeness (QED) is 0.603. The van der Waals surface area contributed by atoms with Crippen LogP contribution in [0.1, 0.15) is 26.2 Å². The van der Waals surface area contributed by atoms with Crippen LogP contribution in [-0.2, 0) is 4.79 Å². The summed E-state index contributed by atoms with van der Waals surface area (Å²) in [7, 11) is 0. The maximum Gasteiger partial charge on any atom is 0.331 e. The van der Waals surface area contributed by atoms with Crippen LogP contribution in [0, 0.1) is 5.92 Å². The SMILES string of the molecule is C[C@H]1CC=C(C(=O)O)CC1. The normalized spacial score (nSPS) is 25.7. The van der Waals surface area contributed by atoms with Gasteiger partial charge in [0.05, 0.1) is 0 Å². The Morgan fingerprint density at radius 2 is 2.50 bits per heavy atom. The molecule has 1 N–H and O–H groups in total. The zero-order valence-corrected chi connectivity index (χ0v) is 6.13. The molecule has 0 unspecified atom stereocenters. The Labute approximate surface area is 60.6 Å². The average molecular weight is 140 g/mol. The van der Waals surface area contributed by atoms with Crippen molar-refractivity contribution in [2.75, 3.05) is 0 Å². The second-order valence-corrected chi connectivity index (χ2v) is 2.91. The Balaban J connectivity index is 2.56. The molecule has 0 amide bonds. The van der Waals surface area contributed by atoms with E-state index >= 15 is 0 Å². The van der Waals surface area contributed by atoms with Crippen molar-refractivity contribution in [3.63, 3.8) is 0 Å². The number of carboxylic acid groups (broad SMARTS) is 1. The summed E-state index contributed by atoms with van der Waals surface area (Å²) < 4.78 is 0. The molecule has 0 radical (unpaired) electrons. The van der Waals surface area contributed by atoms with Crippen molar-refractivity contribution in [1.82, 2.24) is 0 Å². The van der Waals surface area contributed by atoms with Gasteiger partial charge < -0.3 is 5.11 Å². The first-order chi connectivity index (χ1) is 4.70. The van der Waals surface area contributed by atoms with E-state index in [9.17, 15) is 4.79 Å². The number of rotatable bonds is 1. The molecule has 0 saturated carbocycles. The molecule has 0 aliphatic heterocycles. The van der Waals surface area contributed by atoms with Crippen LogP contribution in [0.5, 0.6) is 0 Å². The Morgan fingerprint density at radius 3 is 2.90 bits per heavy atom. The molecule has 0 aromatic carbocycles. The first kappa shape index (κ1) is 7.32. The van der Waals surface area contributed by atoms with Gasteiger partial charge in [-0.1, -0.05) is 13.0 Å². The molecule has 1 aliphatic rings. The summed E-state index contributed by atoms with van der Waals surface area (Å²) >= 11 is 0. The summed E-state index contributed by atoms with van der Waals surface area (Å²) in [6.07, 6.45) is 4.55. The van der Waals surface area contributed by atoms with E-state index < -0.39 is 5.97 Å². The van der Waals surface area contributed by atoms with E-state index in [-0.39, 0.29) is 0 Å². The van der Waals surface area contributed by atoms with Crippen molar-refractivity contribution in [1.29, 1.82) is 0 Å². The van der Waals surface area contributed by atoms with Gasteiger partial charge in [0.1, 0.15) is 0 Å². The van der Waals surface area contributed by atoms with E-state index in [0.29, 0.717) is 11.5 Å². The second-order valence-electron chi connectivity index (χ2n) is 2.91. The van der Waals surface area contributed by atoms with Gasteiger partial charge in [-0.05, 0) is 25.2 Å². The summed E-state index contributed by atoms with van der Waals surface area (Å²) in [6, 6.07) is 0. The van der Waals surface area contributed by atoms with Gasteiger partial charge in [0.25, 0.3) is 0 Å². The summed E-state index contributed by atoms with van der Waals surface area (Å²) in [6.45, 7) is 2.15. The Bertz CT molecular complexity index is 170. The molecule has 2 heteroatoms. The Hall–Kier alpha value is -0.790. The van der Waals surface area contributed by atoms with Crippen molar-refractivity contribution in [3.05, 3.63) is 11.6 Å². The fourth-order valence-corrected chi connectivity index (χ4v) is 1.16. The van der Waals surface area contributed by atoms with Crippen LogP contribution in [0.2, 0.25) is 0 Å². The molecule has 10 heavy (non-hydrogen) atoms. The highest BCUT2D eigenvalue weighted by atomic mass is 16.4. The van der Waals surface area contributed by atoms with Gasteiger partial charge >= 0.3 is 5.97 Å². The van der Waals surface area contributed by atoms with Crippen LogP contribution in [0.4, 0.5) is 0 Å². The molecule has 0 spiro atoms. The third kappa shape index (κ3) is 1.59. The van der Waals surface area contributed by atoms with Crippen molar-refractivity contribution in [3.8, 4) is 0 Å². The van der Waals surface area contributed by atoms with Crippen LogP contribution >= 0.6 is 0 Å². The summed E-state index contributed by atoms with van der Waals surface area (Å²) in [5.74, 6) is -0.0741. The summed E-state index contributed by atoms with van der Waals surface area (Å²) in [5, 5.41) is 8.56. The van der Waals surface area contributed by atoms with Crippen molar-refractivity contribution >= 4 is 5.97 Å². The maximum absolute atomic E-state index is 10.4. The van der Waals surface area contributed by atoms with E-state index in [1.807, 2.05) is 6.08 Å². The third-order valence-electron chi connectivity index (χ3n) is 1.95. The highest BCUT2D eigenvalue weighted by Crippen LogP contribution is 2.22. The molecule has 0 aromatic rings. The molecule has 0 aromatic heterocycles. The lowest BCUT2D eigenvalue weighted by molar-refractivity contribution is -0.132. The minimum absolute atomic E-state index is 0.595. The Morgan fingerprint density at radius 1 is 1.80 bits per heavy atom. The number of carboxylic acids is 1. The lowest BCUT2D eigenvalue weighted by Crippen LogP contribution is -2.08.